The second kappa shape index (κ2) is 7.09. The molecule has 0 fully saturated rings. The highest BCUT2D eigenvalue weighted by Gasteiger charge is 2.23. The molecule has 0 aliphatic heterocycles. The lowest BCUT2D eigenvalue weighted by Gasteiger charge is -2.31. The lowest BCUT2D eigenvalue weighted by molar-refractivity contribution is 0.256. The van der Waals surface area contributed by atoms with E-state index in [0.29, 0.717) is 11.8 Å². The van der Waals surface area contributed by atoms with Crippen molar-refractivity contribution < 1.29 is 0 Å². The Morgan fingerprint density at radius 2 is 1.60 bits per heavy atom. The SMILES string of the molecule is C=C(C(C)C)C(C)C(C)C(CC)CCC. The number of hydrogen-bond donors (Lipinski definition) is 0. The normalized spacial score (nSPS) is 17.5. The van der Waals surface area contributed by atoms with E-state index in [4.69, 9.17) is 0 Å². The second-order valence-electron chi connectivity index (χ2n) is 5.33. The van der Waals surface area contributed by atoms with Crippen molar-refractivity contribution in [1.29, 1.82) is 0 Å². The largest absolute Gasteiger partial charge is 0.0993 e. The van der Waals surface area contributed by atoms with Crippen LogP contribution >= 0.6 is 0 Å². The quantitative estimate of drug-likeness (QED) is 0.500. The number of allylic oxidation sites excluding steroid dienone is 1. The van der Waals surface area contributed by atoms with Gasteiger partial charge in [0.15, 0.2) is 0 Å². The highest BCUT2D eigenvalue weighted by atomic mass is 14.3. The molecule has 0 N–H and O–H groups in total. The Hall–Kier alpha value is -0.260. The molecule has 0 aromatic rings. The molecule has 3 unspecified atom stereocenters. The fourth-order valence-electron chi connectivity index (χ4n) is 2.48. The summed E-state index contributed by atoms with van der Waals surface area (Å²) in [6.07, 6.45) is 3.99. The van der Waals surface area contributed by atoms with Crippen LogP contribution in [0.25, 0.3) is 0 Å². The van der Waals surface area contributed by atoms with Gasteiger partial charge in [-0.25, -0.2) is 0 Å². The van der Waals surface area contributed by atoms with E-state index in [-0.39, 0.29) is 0 Å². The maximum Gasteiger partial charge on any atom is -0.0203 e. The third-order valence-electron chi connectivity index (χ3n) is 4.04. The first-order chi connectivity index (χ1) is 6.95. The first kappa shape index (κ1) is 14.7. The van der Waals surface area contributed by atoms with Gasteiger partial charge < -0.3 is 0 Å². The molecule has 3 atom stereocenters. The summed E-state index contributed by atoms with van der Waals surface area (Å²) in [7, 11) is 0. The van der Waals surface area contributed by atoms with Crippen molar-refractivity contribution in [3.8, 4) is 0 Å². The molecule has 0 saturated heterocycles. The molecule has 0 aliphatic carbocycles. The maximum atomic E-state index is 4.25. The van der Waals surface area contributed by atoms with Crippen molar-refractivity contribution in [2.24, 2.45) is 23.7 Å². The molecule has 0 aromatic heterocycles. The summed E-state index contributed by atoms with van der Waals surface area (Å²) in [5, 5.41) is 0. The summed E-state index contributed by atoms with van der Waals surface area (Å²) in [6, 6.07) is 0. The van der Waals surface area contributed by atoms with E-state index in [1.165, 1.54) is 24.8 Å². The van der Waals surface area contributed by atoms with Crippen LogP contribution in [0.5, 0.6) is 0 Å². The fourth-order valence-corrected chi connectivity index (χ4v) is 2.48. The number of hydrogen-bond acceptors (Lipinski definition) is 0. The van der Waals surface area contributed by atoms with E-state index in [9.17, 15) is 0 Å². The minimum atomic E-state index is 0.626. The van der Waals surface area contributed by atoms with Crippen molar-refractivity contribution in [1.82, 2.24) is 0 Å². The Morgan fingerprint density at radius 3 is 1.93 bits per heavy atom. The summed E-state index contributed by atoms with van der Waals surface area (Å²) in [5.41, 5.74) is 1.43. The molecule has 0 saturated carbocycles. The predicted molar refractivity (Wildman–Crippen MR) is 71.0 cm³/mol. The van der Waals surface area contributed by atoms with Crippen molar-refractivity contribution >= 4 is 0 Å². The maximum absolute atomic E-state index is 4.25. The predicted octanol–water partition coefficient (Wildman–Crippen LogP) is 5.30. The first-order valence-electron chi connectivity index (χ1n) is 6.64. The highest BCUT2D eigenvalue weighted by Crippen LogP contribution is 2.33. The third kappa shape index (κ3) is 4.40. The van der Waals surface area contributed by atoms with Gasteiger partial charge in [-0.05, 0) is 23.7 Å². The van der Waals surface area contributed by atoms with E-state index >= 15 is 0 Å². The Balaban J connectivity index is 4.39. The van der Waals surface area contributed by atoms with E-state index in [0.717, 1.165) is 11.8 Å². The van der Waals surface area contributed by atoms with Crippen LogP contribution in [-0.2, 0) is 0 Å². The zero-order chi connectivity index (χ0) is 12.0. The first-order valence-corrected chi connectivity index (χ1v) is 6.64. The molecule has 0 heterocycles. The standard InChI is InChI=1S/C15H30/c1-8-10-15(9-2)14(7)13(6)12(5)11(3)4/h11,13-15H,5,8-10H2,1-4,6-7H3. The van der Waals surface area contributed by atoms with E-state index in [1.54, 1.807) is 0 Å². The number of rotatable bonds is 7. The molecule has 0 aromatic carbocycles. The molecule has 0 amide bonds. The summed E-state index contributed by atoms with van der Waals surface area (Å²) < 4.78 is 0. The molecular weight excluding hydrogens is 180 g/mol. The molecule has 0 bridgehead atoms. The van der Waals surface area contributed by atoms with Crippen LogP contribution in [0.15, 0.2) is 12.2 Å². The van der Waals surface area contributed by atoms with Crippen LogP contribution in [0.4, 0.5) is 0 Å². The topological polar surface area (TPSA) is 0 Å². The van der Waals surface area contributed by atoms with Crippen molar-refractivity contribution in [2.45, 2.75) is 60.8 Å². The van der Waals surface area contributed by atoms with Gasteiger partial charge in [0.25, 0.3) is 0 Å². The molecule has 0 nitrogen and oxygen atoms in total. The van der Waals surface area contributed by atoms with Crippen molar-refractivity contribution in [3.63, 3.8) is 0 Å². The van der Waals surface area contributed by atoms with Crippen molar-refractivity contribution in [2.75, 3.05) is 0 Å². The zero-order valence-corrected chi connectivity index (χ0v) is 11.6. The summed E-state index contributed by atoms with van der Waals surface area (Å²) in [5.74, 6) is 2.95. The van der Waals surface area contributed by atoms with E-state index in [2.05, 4.69) is 48.1 Å². The van der Waals surface area contributed by atoms with Gasteiger partial charge in [0.1, 0.15) is 0 Å². The van der Waals surface area contributed by atoms with Gasteiger partial charge in [-0.1, -0.05) is 73.0 Å². The summed E-state index contributed by atoms with van der Waals surface area (Å²) in [4.78, 5) is 0. The van der Waals surface area contributed by atoms with Crippen LogP contribution in [0, 0.1) is 23.7 Å². The average molecular weight is 210 g/mol. The van der Waals surface area contributed by atoms with Gasteiger partial charge in [0, 0.05) is 0 Å². The molecule has 90 valence electrons. The fraction of sp³-hybridized carbons (Fsp3) is 0.867. The Kier molecular flexibility index (Phi) is 6.96. The van der Waals surface area contributed by atoms with E-state index < -0.39 is 0 Å². The third-order valence-corrected chi connectivity index (χ3v) is 4.04. The highest BCUT2D eigenvalue weighted by molar-refractivity contribution is 5.04. The van der Waals surface area contributed by atoms with Crippen LogP contribution < -0.4 is 0 Å². The summed E-state index contributed by atoms with van der Waals surface area (Å²) >= 11 is 0. The Morgan fingerprint density at radius 1 is 1.07 bits per heavy atom. The molecule has 15 heavy (non-hydrogen) atoms. The minimum Gasteiger partial charge on any atom is -0.0993 e. The van der Waals surface area contributed by atoms with Crippen molar-refractivity contribution in [3.05, 3.63) is 12.2 Å². The van der Waals surface area contributed by atoms with Gasteiger partial charge in [-0.3, -0.25) is 0 Å². The molecular formula is C15H30. The molecule has 0 spiro atoms. The summed E-state index contributed by atoms with van der Waals surface area (Å²) in [6.45, 7) is 18.1. The van der Waals surface area contributed by atoms with Gasteiger partial charge in [0.2, 0.25) is 0 Å². The Labute approximate surface area is 97.2 Å². The lowest BCUT2D eigenvalue weighted by atomic mass is 9.75. The minimum absolute atomic E-state index is 0.626. The molecule has 0 aliphatic rings. The van der Waals surface area contributed by atoms with Crippen LogP contribution in [-0.4, -0.2) is 0 Å². The van der Waals surface area contributed by atoms with Gasteiger partial charge >= 0.3 is 0 Å². The monoisotopic (exact) mass is 210 g/mol. The zero-order valence-electron chi connectivity index (χ0n) is 11.6. The average Bonchev–Trinajstić information content (AvgIpc) is 2.22. The van der Waals surface area contributed by atoms with Crippen LogP contribution in [0.2, 0.25) is 0 Å². The van der Waals surface area contributed by atoms with Crippen LogP contribution in [0.1, 0.15) is 60.8 Å². The van der Waals surface area contributed by atoms with Gasteiger partial charge in [-0.15, -0.1) is 0 Å². The van der Waals surface area contributed by atoms with Gasteiger partial charge in [0.05, 0.1) is 0 Å². The van der Waals surface area contributed by atoms with E-state index in [1.807, 2.05) is 0 Å². The second-order valence-corrected chi connectivity index (χ2v) is 5.33. The van der Waals surface area contributed by atoms with Gasteiger partial charge in [-0.2, -0.15) is 0 Å². The molecule has 0 heteroatoms. The smallest absolute Gasteiger partial charge is 0.0203 e. The molecule has 0 rings (SSSR count). The Bertz CT molecular complexity index is 178. The lowest BCUT2D eigenvalue weighted by Crippen LogP contribution is -2.21. The van der Waals surface area contributed by atoms with Crippen LogP contribution in [0.3, 0.4) is 0 Å². The molecule has 0 radical (unpaired) electrons.